The lowest BCUT2D eigenvalue weighted by Crippen LogP contribution is -2.47. The second kappa shape index (κ2) is 9.33. The summed E-state index contributed by atoms with van der Waals surface area (Å²) in [5.41, 5.74) is 2.11. The average molecular weight is 424 g/mol. The smallest absolute Gasteiger partial charge is 0.261 e. The molecule has 2 unspecified atom stereocenters. The van der Waals surface area contributed by atoms with Crippen molar-refractivity contribution in [1.29, 1.82) is 0 Å². The number of amides is 1. The highest BCUT2D eigenvalue weighted by molar-refractivity contribution is 5.81. The van der Waals surface area contributed by atoms with E-state index in [0.29, 0.717) is 6.42 Å². The predicted octanol–water partition coefficient (Wildman–Crippen LogP) is 6.34. The summed E-state index contributed by atoms with van der Waals surface area (Å²) in [6, 6.07) is 16.0. The van der Waals surface area contributed by atoms with Crippen LogP contribution in [0.2, 0.25) is 0 Å². The quantitative estimate of drug-likeness (QED) is 0.565. The number of hydrogen-bond donors (Lipinski definition) is 1. The molecule has 1 N–H and O–H groups in total. The van der Waals surface area contributed by atoms with Crippen LogP contribution in [-0.4, -0.2) is 17.6 Å². The molecule has 0 saturated heterocycles. The number of hydrogen-bond acceptors (Lipinski definition) is 3. The van der Waals surface area contributed by atoms with Gasteiger partial charge in [-0.3, -0.25) is 4.79 Å². The number of ether oxygens (including phenoxy) is 2. The summed E-state index contributed by atoms with van der Waals surface area (Å²) in [7, 11) is 0. The Hall–Kier alpha value is -2.49. The minimum atomic E-state index is -0.534. The third-order valence-corrected chi connectivity index (χ3v) is 6.46. The van der Waals surface area contributed by atoms with Crippen molar-refractivity contribution in [2.45, 2.75) is 90.4 Å². The van der Waals surface area contributed by atoms with Gasteiger partial charge in [0.1, 0.15) is 17.1 Å². The third kappa shape index (κ3) is 5.23. The molecule has 0 aliphatic carbocycles. The Morgan fingerprint density at radius 2 is 1.74 bits per heavy atom. The van der Waals surface area contributed by atoms with Gasteiger partial charge >= 0.3 is 0 Å². The van der Waals surface area contributed by atoms with Crippen molar-refractivity contribution in [2.75, 3.05) is 0 Å². The van der Waals surface area contributed by atoms with Crippen LogP contribution in [0, 0.1) is 0 Å². The van der Waals surface area contributed by atoms with E-state index in [4.69, 9.17) is 9.47 Å². The van der Waals surface area contributed by atoms with E-state index in [2.05, 4.69) is 52.1 Å². The molecule has 4 nitrogen and oxygen atoms in total. The number of fused-ring (bicyclic) bond motifs is 1. The monoisotopic (exact) mass is 423 g/mol. The Morgan fingerprint density at radius 3 is 2.32 bits per heavy atom. The molecule has 2 atom stereocenters. The predicted molar refractivity (Wildman–Crippen MR) is 126 cm³/mol. The lowest BCUT2D eigenvalue weighted by atomic mass is 9.83. The van der Waals surface area contributed by atoms with E-state index in [-0.39, 0.29) is 23.0 Å². The highest BCUT2D eigenvalue weighted by atomic mass is 16.5. The standard InChI is InChI=1S/C27H37NO3/c1-7-23(30-20-16-14-19(15-17-20)26(4,5)6)25(29)28-22-18-27(8-2,9-3)31-24-13-11-10-12-21(22)24/h10-17,22-23H,7-9,18H2,1-6H3,(H,28,29). The van der Waals surface area contributed by atoms with Gasteiger partial charge in [-0.25, -0.2) is 0 Å². The zero-order valence-electron chi connectivity index (χ0n) is 19.8. The molecular weight excluding hydrogens is 386 g/mol. The largest absolute Gasteiger partial charge is 0.487 e. The van der Waals surface area contributed by atoms with Crippen LogP contribution in [0.3, 0.4) is 0 Å². The van der Waals surface area contributed by atoms with E-state index in [0.717, 1.165) is 36.3 Å². The fourth-order valence-corrected chi connectivity index (χ4v) is 4.21. The minimum Gasteiger partial charge on any atom is -0.487 e. The van der Waals surface area contributed by atoms with Crippen LogP contribution in [-0.2, 0) is 10.2 Å². The normalized spacial score (nSPS) is 18.5. The highest BCUT2D eigenvalue weighted by Crippen LogP contribution is 2.42. The molecule has 0 fully saturated rings. The average Bonchev–Trinajstić information content (AvgIpc) is 2.76. The molecule has 2 aromatic carbocycles. The van der Waals surface area contributed by atoms with Gasteiger partial charge in [0.05, 0.1) is 6.04 Å². The van der Waals surface area contributed by atoms with Crippen LogP contribution < -0.4 is 14.8 Å². The van der Waals surface area contributed by atoms with Gasteiger partial charge in [-0.1, -0.05) is 71.9 Å². The van der Waals surface area contributed by atoms with Crippen LogP contribution >= 0.6 is 0 Å². The summed E-state index contributed by atoms with van der Waals surface area (Å²) >= 11 is 0. The van der Waals surface area contributed by atoms with Crippen LogP contribution in [0.25, 0.3) is 0 Å². The fraction of sp³-hybridized carbons (Fsp3) is 0.519. The lowest BCUT2D eigenvalue weighted by Gasteiger charge is -2.42. The minimum absolute atomic E-state index is 0.0785. The second-order valence-corrected chi connectivity index (χ2v) is 9.58. The summed E-state index contributed by atoms with van der Waals surface area (Å²) in [4.78, 5) is 13.2. The van der Waals surface area contributed by atoms with E-state index in [1.54, 1.807) is 0 Å². The Balaban J connectivity index is 1.75. The van der Waals surface area contributed by atoms with E-state index in [1.165, 1.54) is 5.56 Å². The van der Waals surface area contributed by atoms with E-state index >= 15 is 0 Å². The molecule has 2 aromatic rings. The van der Waals surface area contributed by atoms with Gasteiger partial charge in [0.25, 0.3) is 5.91 Å². The molecule has 31 heavy (non-hydrogen) atoms. The van der Waals surface area contributed by atoms with Gasteiger partial charge < -0.3 is 14.8 Å². The topological polar surface area (TPSA) is 47.6 Å². The molecule has 1 aliphatic heterocycles. The maximum absolute atomic E-state index is 13.2. The van der Waals surface area contributed by atoms with Gasteiger partial charge in [-0.05, 0) is 48.4 Å². The maximum Gasteiger partial charge on any atom is 0.261 e. The Labute approximate surface area is 187 Å². The van der Waals surface area contributed by atoms with Crippen LogP contribution in [0.5, 0.6) is 11.5 Å². The molecule has 0 aromatic heterocycles. The summed E-state index contributed by atoms with van der Waals surface area (Å²) in [6.07, 6.45) is 2.63. The van der Waals surface area contributed by atoms with Crippen LogP contribution in [0.4, 0.5) is 0 Å². The van der Waals surface area contributed by atoms with E-state index in [9.17, 15) is 4.79 Å². The number of para-hydroxylation sites is 1. The van der Waals surface area contributed by atoms with Crippen molar-refractivity contribution < 1.29 is 14.3 Å². The number of carbonyl (C=O) groups excluding carboxylic acids is 1. The van der Waals surface area contributed by atoms with Gasteiger partial charge in [0, 0.05) is 12.0 Å². The molecule has 0 spiro atoms. The summed E-state index contributed by atoms with van der Waals surface area (Å²) in [5, 5.41) is 3.26. The second-order valence-electron chi connectivity index (χ2n) is 9.58. The first kappa shape index (κ1) is 23.2. The van der Waals surface area contributed by atoms with Crippen molar-refractivity contribution in [2.24, 2.45) is 0 Å². The molecule has 0 radical (unpaired) electrons. The van der Waals surface area contributed by atoms with Crippen molar-refractivity contribution in [1.82, 2.24) is 5.32 Å². The van der Waals surface area contributed by atoms with Crippen molar-refractivity contribution >= 4 is 5.91 Å². The van der Waals surface area contributed by atoms with Gasteiger partial charge in [0.2, 0.25) is 0 Å². The molecule has 168 valence electrons. The number of carbonyl (C=O) groups is 1. The number of rotatable bonds is 7. The third-order valence-electron chi connectivity index (χ3n) is 6.46. The molecule has 4 heteroatoms. The Kier molecular flexibility index (Phi) is 6.98. The molecule has 3 rings (SSSR count). The summed E-state index contributed by atoms with van der Waals surface area (Å²) in [6.45, 7) is 12.8. The molecule has 1 aliphatic rings. The van der Waals surface area contributed by atoms with Crippen LogP contribution in [0.1, 0.15) is 84.4 Å². The van der Waals surface area contributed by atoms with E-state index in [1.807, 2.05) is 43.3 Å². The van der Waals surface area contributed by atoms with Crippen molar-refractivity contribution in [3.05, 3.63) is 59.7 Å². The summed E-state index contributed by atoms with van der Waals surface area (Å²) < 4.78 is 12.5. The van der Waals surface area contributed by atoms with E-state index < -0.39 is 6.10 Å². The zero-order valence-corrected chi connectivity index (χ0v) is 19.8. The van der Waals surface area contributed by atoms with Crippen molar-refractivity contribution in [3.8, 4) is 11.5 Å². The highest BCUT2D eigenvalue weighted by Gasteiger charge is 2.39. The van der Waals surface area contributed by atoms with Gasteiger partial charge in [-0.2, -0.15) is 0 Å². The fourth-order valence-electron chi connectivity index (χ4n) is 4.21. The SMILES string of the molecule is CCC(Oc1ccc(C(C)(C)C)cc1)C(=O)NC1CC(CC)(CC)Oc2ccccc21. The van der Waals surface area contributed by atoms with Crippen molar-refractivity contribution in [3.63, 3.8) is 0 Å². The Bertz CT molecular complexity index is 878. The summed E-state index contributed by atoms with van der Waals surface area (Å²) in [5.74, 6) is 1.51. The molecule has 0 saturated carbocycles. The first-order chi connectivity index (χ1) is 14.7. The number of benzene rings is 2. The molecule has 0 bridgehead atoms. The van der Waals surface area contributed by atoms with Crippen LogP contribution in [0.15, 0.2) is 48.5 Å². The lowest BCUT2D eigenvalue weighted by molar-refractivity contribution is -0.129. The molecule has 1 heterocycles. The number of nitrogens with one attached hydrogen (secondary N) is 1. The molecule has 1 amide bonds. The Morgan fingerprint density at radius 1 is 1.10 bits per heavy atom. The van der Waals surface area contributed by atoms with Gasteiger partial charge in [-0.15, -0.1) is 0 Å². The maximum atomic E-state index is 13.2. The first-order valence-electron chi connectivity index (χ1n) is 11.6. The molecular formula is C27H37NO3. The first-order valence-corrected chi connectivity index (χ1v) is 11.6. The zero-order chi connectivity index (χ0) is 22.6. The van der Waals surface area contributed by atoms with Gasteiger partial charge in [0.15, 0.2) is 6.10 Å².